The molecule has 0 radical (unpaired) electrons. The highest BCUT2D eigenvalue weighted by molar-refractivity contribution is 5.69. The summed E-state index contributed by atoms with van der Waals surface area (Å²) >= 11 is 0. The van der Waals surface area contributed by atoms with Crippen molar-refractivity contribution in [1.82, 2.24) is 0 Å². The SMILES string of the molecule is C=C(Cc1ccccc1CC(=C)c1ccccc1)c1ccccc1.Cc1cccc(OCc2ccc(-c3ccccc3)cc2)c1. The lowest BCUT2D eigenvalue weighted by atomic mass is 9.92. The van der Waals surface area contributed by atoms with E-state index in [2.05, 4.69) is 154 Å². The van der Waals surface area contributed by atoms with E-state index in [1.165, 1.54) is 44.5 Å². The van der Waals surface area contributed by atoms with Crippen molar-refractivity contribution in [3.05, 3.63) is 210 Å². The number of hydrogen-bond donors (Lipinski definition) is 0. The minimum Gasteiger partial charge on any atom is -0.489 e. The second kappa shape index (κ2) is 15.9. The largest absolute Gasteiger partial charge is 0.489 e. The molecule has 0 fully saturated rings. The molecule has 1 heteroatoms. The lowest BCUT2D eigenvalue weighted by Gasteiger charge is -2.13. The number of hydrogen-bond acceptors (Lipinski definition) is 1. The van der Waals surface area contributed by atoms with Gasteiger partial charge in [-0.15, -0.1) is 0 Å². The van der Waals surface area contributed by atoms with Gasteiger partial charge in [-0.2, -0.15) is 0 Å². The van der Waals surface area contributed by atoms with Crippen molar-refractivity contribution < 1.29 is 4.74 Å². The van der Waals surface area contributed by atoms with E-state index in [1.807, 2.05) is 30.3 Å². The molecule has 0 bridgehead atoms. The van der Waals surface area contributed by atoms with Crippen LogP contribution in [0.5, 0.6) is 5.75 Å². The summed E-state index contributed by atoms with van der Waals surface area (Å²) in [4.78, 5) is 0. The second-order valence-electron chi connectivity index (χ2n) is 11.2. The van der Waals surface area contributed by atoms with E-state index >= 15 is 0 Å². The molecule has 0 N–H and O–H groups in total. The molecule has 0 aliphatic heterocycles. The first kappa shape index (κ1) is 31.0. The molecule has 0 saturated carbocycles. The molecule has 0 aliphatic carbocycles. The van der Waals surface area contributed by atoms with Gasteiger partial charge < -0.3 is 4.74 Å². The Morgan fingerprint density at radius 3 is 1.47 bits per heavy atom. The molecule has 0 atom stereocenters. The van der Waals surface area contributed by atoms with Gasteiger partial charge in [-0.05, 0) is 87.6 Å². The summed E-state index contributed by atoms with van der Waals surface area (Å²) in [6.45, 7) is 11.2. The first-order valence-corrected chi connectivity index (χ1v) is 15.4. The van der Waals surface area contributed by atoms with Crippen molar-refractivity contribution in [1.29, 1.82) is 0 Å². The van der Waals surface area contributed by atoms with Crippen molar-refractivity contribution in [2.24, 2.45) is 0 Å². The van der Waals surface area contributed by atoms with Gasteiger partial charge >= 0.3 is 0 Å². The van der Waals surface area contributed by atoms with Crippen molar-refractivity contribution in [2.45, 2.75) is 26.4 Å². The average molecular weight is 585 g/mol. The molecular weight excluding hydrogens is 544 g/mol. The fourth-order valence-corrected chi connectivity index (χ4v) is 5.21. The van der Waals surface area contributed by atoms with E-state index < -0.39 is 0 Å². The highest BCUT2D eigenvalue weighted by Gasteiger charge is 2.08. The van der Waals surface area contributed by atoms with Crippen LogP contribution in [-0.4, -0.2) is 0 Å². The Morgan fingerprint density at radius 2 is 0.956 bits per heavy atom. The zero-order chi connectivity index (χ0) is 31.3. The monoisotopic (exact) mass is 584 g/mol. The van der Waals surface area contributed by atoms with E-state index in [0.29, 0.717) is 6.61 Å². The van der Waals surface area contributed by atoms with Gasteiger partial charge in [0.05, 0.1) is 0 Å². The summed E-state index contributed by atoms with van der Waals surface area (Å²) in [7, 11) is 0. The first-order valence-electron chi connectivity index (χ1n) is 15.4. The molecule has 0 unspecified atom stereocenters. The molecule has 0 aromatic heterocycles. The van der Waals surface area contributed by atoms with Gasteiger partial charge in [0.2, 0.25) is 0 Å². The molecule has 0 spiro atoms. The summed E-state index contributed by atoms with van der Waals surface area (Å²) in [5.74, 6) is 0.919. The van der Waals surface area contributed by atoms with E-state index in [4.69, 9.17) is 4.74 Å². The smallest absolute Gasteiger partial charge is 0.120 e. The van der Waals surface area contributed by atoms with Crippen molar-refractivity contribution >= 4 is 11.1 Å². The highest BCUT2D eigenvalue weighted by Crippen LogP contribution is 2.25. The fraction of sp³-hybridized carbons (Fsp3) is 0.0909. The molecular formula is C44H40O. The number of aryl methyl sites for hydroxylation is 1. The Kier molecular flexibility index (Phi) is 11.0. The van der Waals surface area contributed by atoms with Crippen LogP contribution in [0, 0.1) is 6.92 Å². The number of benzene rings is 6. The molecule has 6 rings (SSSR count). The minimum absolute atomic E-state index is 0.596. The Morgan fingerprint density at radius 1 is 0.489 bits per heavy atom. The van der Waals surface area contributed by atoms with Crippen LogP contribution in [0.15, 0.2) is 177 Å². The third-order valence-electron chi connectivity index (χ3n) is 7.75. The Bertz CT molecular complexity index is 1730. The quantitative estimate of drug-likeness (QED) is 0.156. The third kappa shape index (κ3) is 9.29. The van der Waals surface area contributed by atoms with E-state index in [9.17, 15) is 0 Å². The Hall–Kier alpha value is -5.40. The van der Waals surface area contributed by atoms with Crippen LogP contribution in [0.25, 0.3) is 22.3 Å². The maximum atomic E-state index is 5.82. The fourth-order valence-electron chi connectivity index (χ4n) is 5.21. The van der Waals surface area contributed by atoms with Crippen LogP contribution in [0.2, 0.25) is 0 Å². The number of rotatable bonds is 10. The minimum atomic E-state index is 0.596. The van der Waals surface area contributed by atoms with Crippen LogP contribution < -0.4 is 4.74 Å². The molecule has 222 valence electrons. The van der Waals surface area contributed by atoms with Gasteiger partial charge in [0, 0.05) is 0 Å². The predicted molar refractivity (Wildman–Crippen MR) is 192 cm³/mol. The average Bonchev–Trinajstić information content (AvgIpc) is 3.10. The molecule has 6 aromatic carbocycles. The van der Waals surface area contributed by atoms with Gasteiger partial charge in [-0.25, -0.2) is 0 Å². The summed E-state index contributed by atoms with van der Waals surface area (Å²) in [6.07, 6.45) is 1.73. The summed E-state index contributed by atoms with van der Waals surface area (Å²) in [6, 6.07) is 56.4. The number of allylic oxidation sites excluding steroid dienone is 2. The van der Waals surface area contributed by atoms with Gasteiger partial charge in [0.25, 0.3) is 0 Å². The van der Waals surface area contributed by atoms with Crippen LogP contribution >= 0.6 is 0 Å². The highest BCUT2D eigenvalue weighted by atomic mass is 16.5. The van der Waals surface area contributed by atoms with Gasteiger partial charge in [0.1, 0.15) is 12.4 Å². The Balaban J connectivity index is 0.000000179. The number of ether oxygens (including phenoxy) is 1. The van der Waals surface area contributed by atoms with Crippen molar-refractivity contribution in [3.8, 4) is 16.9 Å². The predicted octanol–water partition coefficient (Wildman–Crippen LogP) is 11.4. The summed E-state index contributed by atoms with van der Waals surface area (Å²) in [5, 5.41) is 0. The van der Waals surface area contributed by atoms with E-state index in [0.717, 1.165) is 29.7 Å². The molecule has 0 heterocycles. The van der Waals surface area contributed by atoms with E-state index in [1.54, 1.807) is 0 Å². The molecule has 0 saturated heterocycles. The Labute approximate surface area is 268 Å². The molecule has 45 heavy (non-hydrogen) atoms. The van der Waals surface area contributed by atoms with Crippen LogP contribution in [-0.2, 0) is 19.4 Å². The maximum absolute atomic E-state index is 5.82. The lowest BCUT2D eigenvalue weighted by molar-refractivity contribution is 0.306. The lowest BCUT2D eigenvalue weighted by Crippen LogP contribution is -1.98. The summed E-state index contributed by atoms with van der Waals surface area (Å²) < 4.78 is 5.82. The molecule has 1 nitrogen and oxygen atoms in total. The van der Waals surface area contributed by atoms with Gasteiger partial charge in [0.15, 0.2) is 0 Å². The zero-order valence-electron chi connectivity index (χ0n) is 26.0. The van der Waals surface area contributed by atoms with Crippen molar-refractivity contribution in [2.75, 3.05) is 0 Å². The second-order valence-corrected chi connectivity index (χ2v) is 11.2. The third-order valence-corrected chi connectivity index (χ3v) is 7.75. The standard InChI is InChI=1S/C24H22.C20H18O/c1-19(21-11-5-3-6-12-21)17-23-15-9-10-16-24(23)18-20(2)22-13-7-4-8-14-22;1-16-6-5-9-20(14-16)21-15-17-10-12-19(13-11-17)18-7-3-2-4-8-18/h3-16H,1-2,17-18H2;2-14H,15H2,1H3. The maximum Gasteiger partial charge on any atom is 0.120 e. The summed E-state index contributed by atoms with van der Waals surface area (Å²) in [5.41, 5.74) is 12.2. The molecule has 0 amide bonds. The van der Waals surface area contributed by atoms with Crippen LogP contribution in [0.4, 0.5) is 0 Å². The first-order chi connectivity index (χ1) is 22.0. The van der Waals surface area contributed by atoms with Crippen molar-refractivity contribution in [3.63, 3.8) is 0 Å². The van der Waals surface area contributed by atoms with Crippen LogP contribution in [0.1, 0.15) is 33.4 Å². The van der Waals surface area contributed by atoms with Gasteiger partial charge in [-0.3, -0.25) is 0 Å². The zero-order valence-corrected chi connectivity index (χ0v) is 26.0. The van der Waals surface area contributed by atoms with E-state index in [-0.39, 0.29) is 0 Å². The molecule has 6 aromatic rings. The van der Waals surface area contributed by atoms with Crippen LogP contribution in [0.3, 0.4) is 0 Å². The normalized spacial score (nSPS) is 10.3. The topological polar surface area (TPSA) is 9.23 Å². The van der Waals surface area contributed by atoms with Gasteiger partial charge in [-0.1, -0.05) is 165 Å². The molecule has 0 aliphatic rings.